The van der Waals surface area contributed by atoms with Gasteiger partial charge in [0.05, 0.1) is 23.6 Å². The molecule has 0 N–H and O–H groups in total. The number of fused-ring (bicyclic) bond motifs is 1. The van der Waals surface area contributed by atoms with E-state index >= 15 is 0 Å². The lowest BCUT2D eigenvalue weighted by molar-refractivity contribution is 0.584. The van der Waals surface area contributed by atoms with Crippen LogP contribution < -0.4 is 0 Å². The SMILES string of the molecule is Cc1ccc2nc(Cn3ccnc3-c3cccc(F)n3)c(C)n2n1. The molecule has 24 heavy (non-hydrogen) atoms. The Labute approximate surface area is 137 Å². The Hall–Kier alpha value is -3.09. The van der Waals surface area contributed by atoms with E-state index in [-0.39, 0.29) is 0 Å². The van der Waals surface area contributed by atoms with Crippen LogP contribution in [0.5, 0.6) is 0 Å². The van der Waals surface area contributed by atoms with Gasteiger partial charge in [0.1, 0.15) is 5.69 Å². The summed E-state index contributed by atoms with van der Waals surface area (Å²) >= 11 is 0. The molecule has 0 spiro atoms. The monoisotopic (exact) mass is 322 g/mol. The fourth-order valence-corrected chi connectivity index (χ4v) is 2.69. The van der Waals surface area contributed by atoms with E-state index in [9.17, 15) is 4.39 Å². The summed E-state index contributed by atoms with van der Waals surface area (Å²) in [6.07, 6.45) is 3.51. The molecule has 0 unspecified atom stereocenters. The maximum absolute atomic E-state index is 13.4. The summed E-state index contributed by atoms with van der Waals surface area (Å²) in [5.74, 6) is 0.0840. The van der Waals surface area contributed by atoms with Crippen molar-refractivity contribution in [2.24, 2.45) is 0 Å². The second-order valence-electron chi connectivity index (χ2n) is 5.61. The van der Waals surface area contributed by atoms with Gasteiger partial charge in [0.15, 0.2) is 11.5 Å². The fourth-order valence-electron chi connectivity index (χ4n) is 2.69. The quantitative estimate of drug-likeness (QED) is 0.544. The van der Waals surface area contributed by atoms with E-state index in [1.165, 1.54) is 6.07 Å². The predicted octanol–water partition coefficient (Wildman–Crippen LogP) is 2.79. The highest BCUT2D eigenvalue weighted by molar-refractivity contribution is 5.50. The summed E-state index contributed by atoms with van der Waals surface area (Å²) in [4.78, 5) is 12.8. The standard InChI is InChI=1S/C17H15FN6/c1-11-6-7-16-21-14(12(2)24(16)22-11)10-23-9-8-19-17(23)13-4-3-5-15(18)20-13/h3-9H,10H2,1-2H3. The topological polar surface area (TPSA) is 60.9 Å². The van der Waals surface area contributed by atoms with Crippen LogP contribution in [0.4, 0.5) is 4.39 Å². The molecule has 4 rings (SSSR count). The summed E-state index contributed by atoms with van der Waals surface area (Å²) in [5.41, 5.74) is 4.10. The molecule has 0 aromatic carbocycles. The normalized spacial score (nSPS) is 11.3. The molecule has 120 valence electrons. The Morgan fingerprint density at radius 1 is 1.08 bits per heavy atom. The molecule has 0 saturated carbocycles. The Kier molecular flexibility index (Phi) is 3.34. The van der Waals surface area contributed by atoms with Crippen LogP contribution in [0.1, 0.15) is 17.1 Å². The minimum absolute atomic E-state index is 0.496. The van der Waals surface area contributed by atoms with Gasteiger partial charge in [-0.3, -0.25) is 0 Å². The van der Waals surface area contributed by atoms with Crippen molar-refractivity contribution in [2.45, 2.75) is 20.4 Å². The Morgan fingerprint density at radius 2 is 1.96 bits per heavy atom. The Morgan fingerprint density at radius 3 is 2.79 bits per heavy atom. The molecule has 4 heterocycles. The molecular weight excluding hydrogens is 307 g/mol. The second-order valence-corrected chi connectivity index (χ2v) is 5.61. The van der Waals surface area contributed by atoms with Gasteiger partial charge in [-0.05, 0) is 38.1 Å². The number of rotatable bonds is 3. The fraction of sp³-hybridized carbons (Fsp3) is 0.176. The van der Waals surface area contributed by atoms with Gasteiger partial charge in [0, 0.05) is 12.4 Å². The van der Waals surface area contributed by atoms with Crippen LogP contribution in [0, 0.1) is 19.8 Å². The number of imidazole rings is 2. The first-order valence-electron chi connectivity index (χ1n) is 7.58. The maximum Gasteiger partial charge on any atom is 0.213 e. The number of hydrogen-bond acceptors (Lipinski definition) is 4. The van der Waals surface area contributed by atoms with E-state index in [1.54, 1.807) is 18.3 Å². The minimum atomic E-state index is -0.523. The van der Waals surface area contributed by atoms with Crippen molar-refractivity contribution < 1.29 is 4.39 Å². The Bertz CT molecular complexity index is 1030. The van der Waals surface area contributed by atoms with Crippen molar-refractivity contribution >= 4 is 5.65 Å². The summed E-state index contributed by atoms with van der Waals surface area (Å²) in [6.45, 7) is 4.45. The number of hydrogen-bond donors (Lipinski definition) is 0. The largest absolute Gasteiger partial charge is 0.324 e. The lowest BCUT2D eigenvalue weighted by Gasteiger charge is -2.06. The van der Waals surface area contributed by atoms with Gasteiger partial charge in [-0.25, -0.2) is 19.5 Å². The van der Waals surface area contributed by atoms with Gasteiger partial charge in [-0.2, -0.15) is 9.49 Å². The molecule has 7 heteroatoms. The molecule has 4 aromatic heterocycles. The molecule has 4 aromatic rings. The lowest BCUT2D eigenvalue weighted by Crippen LogP contribution is -2.04. The number of halogens is 1. The zero-order valence-corrected chi connectivity index (χ0v) is 13.3. The van der Waals surface area contributed by atoms with E-state index in [1.807, 2.05) is 41.3 Å². The Balaban J connectivity index is 1.75. The van der Waals surface area contributed by atoms with E-state index < -0.39 is 5.95 Å². The van der Waals surface area contributed by atoms with Crippen molar-refractivity contribution in [3.8, 4) is 11.5 Å². The third-order valence-corrected chi connectivity index (χ3v) is 3.91. The van der Waals surface area contributed by atoms with Crippen molar-refractivity contribution in [2.75, 3.05) is 0 Å². The summed E-state index contributed by atoms with van der Waals surface area (Å²) in [5, 5.41) is 4.48. The van der Waals surface area contributed by atoms with Crippen molar-refractivity contribution in [3.05, 3.63) is 65.8 Å². The van der Waals surface area contributed by atoms with Crippen molar-refractivity contribution in [3.63, 3.8) is 0 Å². The van der Waals surface area contributed by atoms with Crippen LogP contribution in [0.25, 0.3) is 17.2 Å². The number of pyridine rings is 1. The van der Waals surface area contributed by atoms with Crippen molar-refractivity contribution in [1.29, 1.82) is 0 Å². The second kappa shape index (κ2) is 5.52. The first-order chi connectivity index (χ1) is 11.6. The first kappa shape index (κ1) is 14.5. The average Bonchev–Trinajstić information content (AvgIpc) is 3.14. The lowest BCUT2D eigenvalue weighted by atomic mass is 10.3. The van der Waals surface area contributed by atoms with E-state index in [2.05, 4.69) is 20.1 Å². The van der Waals surface area contributed by atoms with Crippen LogP contribution in [0.15, 0.2) is 42.7 Å². The van der Waals surface area contributed by atoms with E-state index in [4.69, 9.17) is 0 Å². The summed E-state index contributed by atoms with van der Waals surface area (Å²) in [7, 11) is 0. The molecular formula is C17H15FN6. The van der Waals surface area contributed by atoms with Gasteiger partial charge in [-0.1, -0.05) is 6.07 Å². The molecule has 0 fully saturated rings. The number of nitrogens with zero attached hydrogens (tertiary/aromatic N) is 6. The van der Waals surface area contributed by atoms with Crippen LogP contribution >= 0.6 is 0 Å². The zero-order chi connectivity index (χ0) is 16.7. The highest BCUT2D eigenvalue weighted by Gasteiger charge is 2.13. The highest BCUT2D eigenvalue weighted by Crippen LogP contribution is 2.18. The molecule has 6 nitrogen and oxygen atoms in total. The molecule has 0 aliphatic heterocycles. The van der Waals surface area contributed by atoms with Gasteiger partial charge in [0.25, 0.3) is 0 Å². The predicted molar refractivity (Wildman–Crippen MR) is 87.0 cm³/mol. The van der Waals surface area contributed by atoms with Gasteiger partial charge in [0.2, 0.25) is 5.95 Å². The van der Waals surface area contributed by atoms with E-state index in [0.717, 1.165) is 22.7 Å². The van der Waals surface area contributed by atoms with E-state index in [0.29, 0.717) is 18.1 Å². The summed E-state index contributed by atoms with van der Waals surface area (Å²) in [6, 6.07) is 8.56. The maximum atomic E-state index is 13.4. The third kappa shape index (κ3) is 2.44. The number of aryl methyl sites for hydroxylation is 2. The van der Waals surface area contributed by atoms with Crippen LogP contribution in [-0.2, 0) is 6.54 Å². The molecule has 0 aliphatic carbocycles. The summed E-state index contributed by atoms with van der Waals surface area (Å²) < 4.78 is 17.1. The van der Waals surface area contributed by atoms with Crippen LogP contribution in [0.3, 0.4) is 0 Å². The zero-order valence-electron chi connectivity index (χ0n) is 13.3. The van der Waals surface area contributed by atoms with Crippen LogP contribution in [-0.4, -0.2) is 29.1 Å². The molecule has 0 amide bonds. The van der Waals surface area contributed by atoms with Gasteiger partial charge in [-0.15, -0.1) is 0 Å². The molecule has 0 radical (unpaired) electrons. The van der Waals surface area contributed by atoms with Crippen LogP contribution in [0.2, 0.25) is 0 Å². The number of aromatic nitrogens is 6. The molecule has 0 atom stereocenters. The molecule has 0 aliphatic rings. The minimum Gasteiger partial charge on any atom is -0.324 e. The smallest absolute Gasteiger partial charge is 0.213 e. The average molecular weight is 322 g/mol. The van der Waals surface area contributed by atoms with Gasteiger partial charge < -0.3 is 4.57 Å². The van der Waals surface area contributed by atoms with Gasteiger partial charge >= 0.3 is 0 Å². The van der Waals surface area contributed by atoms with Crippen molar-refractivity contribution in [1.82, 2.24) is 29.1 Å². The highest BCUT2D eigenvalue weighted by atomic mass is 19.1. The molecule has 0 saturated heterocycles. The third-order valence-electron chi connectivity index (χ3n) is 3.91. The molecule has 0 bridgehead atoms. The first-order valence-corrected chi connectivity index (χ1v) is 7.58.